The van der Waals surface area contributed by atoms with Crippen molar-refractivity contribution in [3.63, 3.8) is 0 Å². The van der Waals surface area contributed by atoms with Crippen LogP contribution in [0.5, 0.6) is 0 Å². The van der Waals surface area contributed by atoms with Crippen LogP contribution in [-0.4, -0.2) is 45.2 Å². The van der Waals surface area contributed by atoms with Crippen LogP contribution in [0, 0.1) is 17.6 Å². The lowest BCUT2D eigenvalue weighted by molar-refractivity contribution is 0.0834. The summed E-state index contributed by atoms with van der Waals surface area (Å²) in [5, 5.41) is 5.49. The number of benzene rings is 2. The number of hydrogen-bond acceptors (Lipinski definition) is 3. The number of aromatic amines is 1. The van der Waals surface area contributed by atoms with Crippen LogP contribution in [0.4, 0.5) is 13.6 Å². The molecule has 3 aromatic rings. The first-order valence-electron chi connectivity index (χ1n) is 9.55. The van der Waals surface area contributed by atoms with Crippen LogP contribution < -0.4 is 0 Å². The predicted molar refractivity (Wildman–Crippen MR) is 104 cm³/mol. The van der Waals surface area contributed by atoms with Gasteiger partial charge in [-0.1, -0.05) is 6.07 Å². The number of fused-ring (bicyclic) bond motifs is 1. The Morgan fingerprint density at radius 1 is 1.14 bits per heavy atom. The number of H-pyrrole nitrogens is 1. The van der Waals surface area contributed by atoms with Crippen molar-refractivity contribution in [2.75, 3.05) is 13.1 Å². The molecule has 1 N–H and O–H groups in total. The van der Waals surface area contributed by atoms with Gasteiger partial charge >= 0.3 is 6.03 Å². The zero-order valence-corrected chi connectivity index (χ0v) is 15.6. The third kappa shape index (κ3) is 3.35. The lowest BCUT2D eigenvalue weighted by Gasteiger charge is -2.41. The van der Waals surface area contributed by atoms with Crippen LogP contribution in [-0.2, 0) is 6.42 Å². The van der Waals surface area contributed by atoms with Crippen molar-refractivity contribution in [1.82, 2.24) is 19.9 Å². The van der Waals surface area contributed by atoms with E-state index in [0.717, 1.165) is 23.5 Å². The minimum absolute atomic E-state index is 0.228. The molecule has 0 spiro atoms. The molecule has 0 bridgehead atoms. The molecule has 2 amide bonds. The van der Waals surface area contributed by atoms with Gasteiger partial charge in [0, 0.05) is 31.8 Å². The molecule has 2 aliphatic heterocycles. The minimum atomic E-state index is -0.655. The van der Waals surface area contributed by atoms with Gasteiger partial charge in [0.05, 0.1) is 23.4 Å². The quantitative estimate of drug-likeness (QED) is 0.732. The molecule has 3 heterocycles. The maximum atomic E-state index is 13.6. The van der Waals surface area contributed by atoms with Crippen LogP contribution in [0.2, 0.25) is 0 Å². The van der Waals surface area contributed by atoms with E-state index in [2.05, 4.69) is 27.2 Å². The smallest absolute Gasteiger partial charge is 0.341 e. The largest absolute Gasteiger partial charge is 0.345 e. The van der Waals surface area contributed by atoms with Gasteiger partial charge in [-0.2, -0.15) is 5.10 Å². The molecule has 148 valence electrons. The summed E-state index contributed by atoms with van der Waals surface area (Å²) in [4.78, 5) is 21.9. The second-order valence-electron chi connectivity index (χ2n) is 7.61. The molecule has 6 nitrogen and oxygen atoms in total. The zero-order valence-electron chi connectivity index (χ0n) is 15.6. The highest BCUT2D eigenvalue weighted by Crippen LogP contribution is 2.32. The van der Waals surface area contributed by atoms with Crippen LogP contribution in [0.15, 0.2) is 47.8 Å². The fourth-order valence-corrected chi connectivity index (χ4v) is 4.09. The number of aromatic nitrogens is 2. The molecule has 2 aliphatic rings. The Hall–Kier alpha value is -3.29. The van der Waals surface area contributed by atoms with E-state index in [1.807, 2.05) is 6.07 Å². The highest BCUT2D eigenvalue weighted by Gasteiger charge is 2.37. The fraction of sp³-hybridized carbons (Fsp3) is 0.286. The van der Waals surface area contributed by atoms with Gasteiger partial charge in [-0.3, -0.25) is 0 Å². The van der Waals surface area contributed by atoms with Crippen molar-refractivity contribution in [3.05, 3.63) is 65.5 Å². The second kappa shape index (κ2) is 6.95. The SMILES string of the molecule is O=C(N1CC(Cc2ccc3nc[nH]c3c2)C1)N1N=CCC1c1cc(F)cc(F)c1. The summed E-state index contributed by atoms with van der Waals surface area (Å²) in [6, 6.07) is 8.78. The standard InChI is InChI=1S/C21H19F2N5O/c22-16-7-15(8-17(23)9-16)20-3-4-26-28(20)21(29)27-10-14(11-27)5-13-1-2-18-19(6-13)25-12-24-18/h1-2,4,6-9,12,14,20H,3,5,10-11H2,(H,24,25). The van der Waals surface area contributed by atoms with Crippen molar-refractivity contribution in [2.24, 2.45) is 11.0 Å². The predicted octanol–water partition coefficient (Wildman–Crippen LogP) is 3.87. The summed E-state index contributed by atoms with van der Waals surface area (Å²) in [6.07, 6.45) is 4.61. The van der Waals surface area contributed by atoms with Crippen molar-refractivity contribution >= 4 is 23.3 Å². The number of hydrogen-bond donors (Lipinski definition) is 1. The Bertz CT molecular complexity index is 1090. The molecule has 1 aromatic heterocycles. The normalized spacial score (nSPS) is 19.2. The highest BCUT2D eigenvalue weighted by molar-refractivity contribution is 5.79. The lowest BCUT2D eigenvalue weighted by Crippen LogP contribution is -2.54. The molecule has 0 aliphatic carbocycles. The molecule has 1 unspecified atom stereocenters. The van der Waals surface area contributed by atoms with Crippen LogP contribution in [0.3, 0.4) is 0 Å². The average Bonchev–Trinajstić information content (AvgIpc) is 3.31. The van der Waals surface area contributed by atoms with Gasteiger partial charge in [0.25, 0.3) is 0 Å². The van der Waals surface area contributed by atoms with E-state index in [1.165, 1.54) is 22.7 Å². The van der Waals surface area contributed by atoms with Gasteiger partial charge in [0.1, 0.15) is 11.6 Å². The monoisotopic (exact) mass is 395 g/mol. The molecule has 1 atom stereocenters. The first-order chi connectivity index (χ1) is 14.1. The van der Waals surface area contributed by atoms with Gasteiger partial charge in [-0.15, -0.1) is 0 Å². The van der Waals surface area contributed by atoms with Gasteiger partial charge in [0.15, 0.2) is 0 Å². The van der Waals surface area contributed by atoms with Crippen LogP contribution in [0.1, 0.15) is 23.6 Å². The van der Waals surface area contributed by atoms with Gasteiger partial charge in [0.2, 0.25) is 0 Å². The van der Waals surface area contributed by atoms with Crippen molar-refractivity contribution in [3.8, 4) is 0 Å². The van der Waals surface area contributed by atoms with Gasteiger partial charge in [-0.05, 0) is 47.7 Å². The number of hydrazone groups is 1. The number of imidazole rings is 1. The average molecular weight is 395 g/mol. The number of amides is 2. The first-order valence-corrected chi connectivity index (χ1v) is 9.55. The second-order valence-corrected chi connectivity index (χ2v) is 7.61. The molecular formula is C21H19F2N5O. The van der Waals surface area contributed by atoms with E-state index < -0.39 is 17.7 Å². The van der Waals surface area contributed by atoms with Crippen molar-refractivity contribution in [2.45, 2.75) is 18.9 Å². The number of urea groups is 1. The molecule has 1 fully saturated rings. The number of likely N-dealkylation sites (tertiary alicyclic amines) is 1. The molecular weight excluding hydrogens is 376 g/mol. The molecule has 5 rings (SSSR count). The number of carbonyl (C=O) groups excluding carboxylic acids is 1. The number of rotatable bonds is 3. The lowest BCUT2D eigenvalue weighted by atomic mass is 9.92. The summed E-state index contributed by atoms with van der Waals surface area (Å²) < 4.78 is 27.2. The highest BCUT2D eigenvalue weighted by atomic mass is 19.1. The van der Waals surface area contributed by atoms with E-state index >= 15 is 0 Å². The van der Waals surface area contributed by atoms with Gasteiger partial charge in [-0.25, -0.2) is 23.6 Å². The molecule has 8 heteroatoms. The van der Waals surface area contributed by atoms with Crippen molar-refractivity contribution < 1.29 is 13.6 Å². The Kier molecular flexibility index (Phi) is 4.26. The Balaban J connectivity index is 1.23. The molecule has 0 radical (unpaired) electrons. The fourth-order valence-electron chi connectivity index (χ4n) is 4.09. The zero-order chi connectivity index (χ0) is 20.0. The Morgan fingerprint density at radius 3 is 2.72 bits per heavy atom. The summed E-state index contributed by atoms with van der Waals surface area (Å²) >= 11 is 0. The van der Waals surface area contributed by atoms with E-state index in [4.69, 9.17) is 0 Å². The first kappa shape index (κ1) is 17.8. The van der Waals surface area contributed by atoms with Gasteiger partial charge < -0.3 is 9.88 Å². The molecule has 2 aromatic carbocycles. The van der Waals surface area contributed by atoms with Crippen molar-refractivity contribution in [1.29, 1.82) is 0 Å². The topological polar surface area (TPSA) is 64.6 Å². The van der Waals surface area contributed by atoms with E-state index in [1.54, 1.807) is 17.4 Å². The summed E-state index contributed by atoms with van der Waals surface area (Å²) in [6.45, 7) is 1.27. The van der Waals surface area contributed by atoms with Crippen LogP contribution >= 0.6 is 0 Å². The van der Waals surface area contributed by atoms with E-state index in [-0.39, 0.29) is 6.03 Å². The number of halogens is 2. The van der Waals surface area contributed by atoms with Crippen LogP contribution in [0.25, 0.3) is 11.0 Å². The Morgan fingerprint density at radius 2 is 1.93 bits per heavy atom. The summed E-state index contributed by atoms with van der Waals surface area (Å²) in [5.41, 5.74) is 3.56. The third-order valence-electron chi connectivity index (χ3n) is 5.53. The number of nitrogens with one attached hydrogen (secondary N) is 1. The molecule has 1 saturated heterocycles. The van der Waals surface area contributed by atoms with E-state index in [0.29, 0.717) is 31.0 Å². The van der Waals surface area contributed by atoms with E-state index in [9.17, 15) is 13.6 Å². The minimum Gasteiger partial charge on any atom is -0.345 e. The Labute approximate surface area is 165 Å². The third-order valence-corrected chi connectivity index (χ3v) is 5.53. The number of nitrogens with zero attached hydrogens (tertiary/aromatic N) is 4. The number of carbonyl (C=O) groups is 1. The summed E-state index contributed by atoms with van der Waals surface area (Å²) in [7, 11) is 0. The maximum absolute atomic E-state index is 13.6. The summed E-state index contributed by atoms with van der Waals surface area (Å²) in [5.74, 6) is -0.939. The molecule has 0 saturated carbocycles. The maximum Gasteiger partial charge on any atom is 0.341 e. The molecule has 29 heavy (non-hydrogen) atoms.